The van der Waals surface area contributed by atoms with E-state index in [1.807, 2.05) is 0 Å². The van der Waals surface area contributed by atoms with E-state index in [0.717, 1.165) is 31.7 Å². The molecule has 0 aliphatic carbocycles. The molecular formula is C17H34O4Si. The van der Waals surface area contributed by atoms with E-state index < -0.39 is 14.7 Å². The van der Waals surface area contributed by atoms with Crippen LogP contribution in [0.1, 0.15) is 59.8 Å². The molecule has 0 rings (SSSR count). The molecule has 130 valence electrons. The second kappa shape index (κ2) is 13.0. The molecule has 1 N–H and O–H groups in total. The lowest BCUT2D eigenvalue weighted by Gasteiger charge is -2.30. The Balaban J connectivity index is 4.62. The number of unbranched alkanes of at least 4 members (excludes halogenated alkanes) is 2. The molecule has 0 radical (unpaired) electrons. The Morgan fingerprint density at radius 3 is 2.09 bits per heavy atom. The molecule has 0 aromatic carbocycles. The van der Waals surface area contributed by atoms with Crippen LogP contribution in [0.5, 0.6) is 0 Å². The van der Waals surface area contributed by atoms with Gasteiger partial charge < -0.3 is 14.0 Å². The van der Waals surface area contributed by atoms with Gasteiger partial charge in [-0.15, -0.1) is 0 Å². The lowest BCUT2D eigenvalue weighted by Crippen LogP contribution is -2.43. The van der Waals surface area contributed by atoms with Crippen LogP contribution in [0, 0.1) is 0 Å². The van der Waals surface area contributed by atoms with Gasteiger partial charge in [-0.3, -0.25) is 4.79 Å². The summed E-state index contributed by atoms with van der Waals surface area (Å²) in [6.45, 7) is 9.55. The average molecular weight is 331 g/mol. The molecular weight excluding hydrogens is 296 g/mol. The third kappa shape index (κ3) is 8.83. The molecule has 0 aromatic rings. The normalized spacial score (nSPS) is 13.7. The number of carbonyl (C=O) groups is 1. The Morgan fingerprint density at radius 1 is 1.14 bits per heavy atom. The van der Waals surface area contributed by atoms with Crippen LogP contribution in [0.25, 0.3) is 0 Å². The van der Waals surface area contributed by atoms with E-state index in [2.05, 4.69) is 20.8 Å². The average Bonchev–Trinajstić information content (AvgIpc) is 2.52. The molecule has 0 spiro atoms. The summed E-state index contributed by atoms with van der Waals surface area (Å²) in [5, 5.41) is 9.96. The first-order chi connectivity index (χ1) is 10.5. The number of hydrogen-bond donors (Lipinski definition) is 1. The van der Waals surface area contributed by atoms with Gasteiger partial charge in [0.25, 0.3) is 0 Å². The van der Waals surface area contributed by atoms with Crippen molar-refractivity contribution in [3.8, 4) is 0 Å². The molecule has 0 aliphatic rings. The lowest BCUT2D eigenvalue weighted by atomic mass is 10.2. The summed E-state index contributed by atoms with van der Waals surface area (Å²) in [6.07, 6.45) is 6.77. The van der Waals surface area contributed by atoms with Crippen molar-refractivity contribution in [1.29, 1.82) is 0 Å². The van der Waals surface area contributed by atoms with E-state index in [1.165, 1.54) is 6.08 Å². The molecule has 5 heteroatoms. The Hall–Kier alpha value is -0.493. The van der Waals surface area contributed by atoms with Crippen molar-refractivity contribution in [1.82, 2.24) is 0 Å². The molecule has 0 aliphatic heterocycles. The minimum atomic E-state index is -2.31. The van der Waals surface area contributed by atoms with Crippen LogP contribution >= 0.6 is 0 Å². The van der Waals surface area contributed by atoms with Gasteiger partial charge in [0.2, 0.25) is 0 Å². The summed E-state index contributed by atoms with van der Waals surface area (Å²) in [7, 11) is -2.31. The molecule has 0 saturated heterocycles. The zero-order valence-electron chi connectivity index (χ0n) is 14.8. The van der Waals surface area contributed by atoms with Crippen LogP contribution in [0.3, 0.4) is 0 Å². The Labute approximate surface area is 137 Å². The first-order valence-electron chi connectivity index (χ1n) is 8.67. The molecule has 0 fully saturated rings. The van der Waals surface area contributed by atoms with Gasteiger partial charge in [0.1, 0.15) is 6.10 Å². The molecule has 1 atom stereocenters. The van der Waals surface area contributed by atoms with Gasteiger partial charge in [-0.2, -0.15) is 0 Å². The lowest BCUT2D eigenvalue weighted by molar-refractivity contribution is -0.122. The largest absolute Gasteiger partial charge is 0.394 e. The standard InChI is InChI=1S/C17H34O4Si/c1-5-9-13-20-22(8-4,21-14-10-6-2)15-12-17(19)16(18)11-7-3/h7,11,17,19H,5-6,8-10,12-15H2,1-4H3. The quantitative estimate of drug-likeness (QED) is 0.297. The van der Waals surface area contributed by atoms with E-state index in [0.29, 0.717) is 25.7 Å². The second-order valence-electron chi connectivity index (χ2n) is 5.63. The monoisotopic (exact) mass is 330 g/mol. The SMILES string of the molecule is CC=CC(=O)C(O)CC[Si](CC)(OCCCC)OCCCC. The summed E-state index contributed by atoms with van der Waals surface area (Å²) in [5.74, 6) is -0.233. The maximum Gasteiger partial charge on any atom is 0.337 e. The van der Waals surface area contributed by atoms with Crippen molar-refractivity contribution in [2.75, 3.05) is 13.2 Å². The molecule has 22 heavy (non-hydrogen) atoms. The number of ketones is 1. The number of hydrogen-bond acceptors (Lipinski definition) is 4. The Kier molecular flexibility index (Phi) is 12.7. The van der Waals surface area contributed by atoms with E-state index in [9.17, 15) is 9.90 Å². The van der Waals surface area contributed by atoms with Crippen molar-refractivity contribution in [2.45, 2.75) is 78.0 Å². The van der Waals surface area contributed by atoms with Crippen LogP contribution in [0.4, 0.5) is 0 Å². The van der Waals surface area contributed by atoms with Crippen LogP contribution < -0.4 is 0 Å². The topological polar surface area (TPSA) is 55.8 Å². The van der Waals surface area contributed by atoms with Gasteiger partial charge in [-0.25, -0.2) is 0 Å². The number of rotatable bonds is 14. The van der Waals surface area contributed by atoms with Crippen molar-refractivity contribution in [2.24, 2.45) is 0 Å². The minimum absolute atomic E-state index is 0.233. The predicted octanol–water partition coefficient (Wildman–Crippen LogP) is 3.98. The first kappa shape index (κ1) is 21.5. The molecule has 0 bridgehead atoms. The smallest absolute Gasteiger partial charge is 0.337 e. The summed E-state index contributed by atoms with van der Waals surface area (Å²) >= 11 is 0. The van der Waals surface area contributed by atoms with Crippen molar-refractivity contribution >= 4 is 14.3 Å². The maximum absolute atomic E-state index is 11.7. The zero-order valence-corrected chi connectivity index (χ0v) is 15.8. The summed E-state index contributed by atoms with van der Waals surface area (Å²) in [5.41, 5.74) is 0. The highest BCUT2D eigenvalue weighted by Gasteiger charge is 2.36. The predicted molar refractivity (Wildman–Crippen MR) is 93.2 cm³/mol. The number of allylic oxidation sites excluding steroid dienone is 1. The van der Waals surface area contributed by atoms with Crippen molar-refractivity contribution < 1.29 is 18.8 Å². The highest BCUT2D eigenvalue weighted by atomic mass is 28.4. The second-order valence-corrected chi connectivity index (χ2v) is 9.23. The highest BCUT2D eigenvalue weighted by Crippen LogP contribution is 2.23. The van der Waals surface area contributed by atoms with Crippen LogP contribution in [-0.4, -0.2) is 38.8 Å². The van der Waals surface area contributed by atoms with Crippen molar-refractivity contribution in [3.63, 3.8) is 0 Å². The minimum Gasteiger partial charge on any atom is -0.394 e. The van der Waals surface area contributed by atoms with Crippen LogP contribution in [0.2, 0.25) is 12.1 Å². The fourth-order valence-corrected chi connectivity index (χ4v) is 5.03. The number of aliphatic hydroxyl groups is 1. The number of aliphatic hydroxyl groups excluding tert-OH is 1. The maximum atomic E-state index is 11.7. The van der Waals surface area contributed by atoms with E-state index in [1.54, 1.807) is 13.0 Å². The Morgan fingerprint density at radius 2 is 1.68 bits per heavy atom. The molecule has 0 heterocycles. The molecule has 0 saturated carbocycles. The van der Waals surface area contributed by atoms with Gasteiger partial charge in [-0.1, -0.05) is 39.7 Å². The number of carbonyl (C=O) groups excluding carboxylic acids is 1. The zero-order chi connectivity index (χ0) is 16.8. The Bertz CT molecular complexity index is 308. The highest BCUT2D eigenvalue weighted by molar-refractivity contribution is 6.67. The van der Waals surface area contributed by atoms with E-state index in [-0.39, 0.29) is 5.78 Å². The van der Waals surface area contributed by atoms with Crippen LogP contribution in [-0.2, 0) is 13.6 Å². The van der Waals surface area contributed by atoms with Gasteiger partial charge >= 0.3 is 8.56 Å². The fraction of sp³-hybridized carbons (Fsp3) is 0.824. The molecule has 0 aromatic heterocycles. The molecule has 4 nitrogen and oxygen atoms in total. The van der Waals surface area contributed by atoms with Gasteiger partial charge in [0, 0.05) is 13.2 Å². The van der Waals surface area contributed by atoms with Crippen molar-refractivity contribution in [3.05, 3.63) is 12.2 Å². The van der Waals surface area contributed by atoms with E-state index >= 15 is 0 Å². The fourth-order valence-electron chi connectivity index (χ4n) is 2.15. The summed E-state index contributed by atoms with van der Waals surface area (Å²) in [4.78, 5) is 11.7. The third-order valence-electron chi connectivity index (χ3n) is 3.72. The molecule has 0 amide bonds. The molecule has 1 unspecified atom stereocenters. The van der Waals surface area contributed by atoms with Gasteiger partial charge in [-0.05, 0) is 44.4 Å². The van der Waals surface area contributed by atoms with Gasteiger partial charge in [0.05, 0.1) is 0 Å². The summed E-state index contributed by atoms with van der Waals surface area (Å²) in [6, 6.07) is 1.52. The summed E-state index contributed by atoms with van der Waals surface area (Å²) < 4.78 is 12.3. The van der Waals surface area contributed by atoms with Crippen LogP contribution in [0.15, 0.2) is 12.2 Å². The van der Waals surface area contributed by atoms with E-state index in [4.69, 9.17) is 8.85 Å². The first-order valence-corrected chi connectivity index (χ1v) is 10.9. The van der Waals surface area contributed by atoms with Gasteiger partial charge in [0.15, 0.2) is 5.78 Å². The third-order valence-corrected chi connectivity index (χ3v) is 7.31.